The van der Waals surface area contributed by atoms with Gasteiger partial charge in [0.05, 0.1) is 5.56 Å². The van der Waals surface area contributed by atoms with E-state index in [1.807, 2.05) is 18.3 Å². The number of fused-ring (bicyclic) bond motifs is 1. The predicted molar refractivity (Wildman–Crippen MR) is 85.4 cm³/mol. The second-order valence-electron chi connectivity index (χ2n) is 4.88. The highest BCUT2D eigenvalue weighted by atomic mass is 32.1. The highest BCUT2D eigenvalue weighted by Crippen LogP contribution is 2.35. The Morgan fingerprint density at radius 2 is 2.14 bits per heavy atom. The van der Waals surface area contributed by atoms with Crippen molar-refractivity contribution in [3.8, 4) is 10.4 Å². The highest BCUT2D eigenvalue weighted by molar-refractivity contribution is 7.16. The van der Waals surface area contributed by atoms with Crippen LogP contribution in [0.1, 0.15) is 21.7 Å². The minimum absolute atomic E-state index is 0.190. The van der Waals surface area contributed by atoms with Gasteiger partial charge in [-0.3, -0.25) is 9.59 Å². The lowest BCUT2D eigenvalue weighted by Crippen LogP contribution is -2.14. The van der Waals surface area contributed by atoms with Crippen LogP contribution in [0.25, 0.3) is 21.5 Å². The average Bonchev–Trinajstić information content (AvgIpc) is 3.08. The number of carbonyl (C=O) groups excluding carboxylic acids is 2. The van der Waals surface area contributed by atoms with E-state index >= 15 is 0 Å². The monoisotopic (exact) mass is 314 g/mol. The van der Waals surface area contributed by atoms with Crippen LogP contribution >= 0.6 is 11.3 Å². The zero-order valence-corrected chi connectivity index (χ0v) is 12.4. The molecule has 0 aliphatic rings. The number of rotatable bonds is 5. The summed E-state index contributed by atoms with van der Waals surface area (Å²) in [5.74, 6) is -0.901. The average molecular weight is 314 g/mol. The normalized spacial score (nSPS) is 10.9. The molecular weight excluding hydrogens is 300 g/mol. The molecule has 3 heterocycles. The number of hydrogen-bond donors (Lipinski definition) is 3. The smallest absolute Gasteiger partial charge is 0.249 e. The molecule has 22 heavy (non-hydrogen) atoms. The Hall–Kier alpha value is -2.67. The van der Waals surface area contributed by atoms with Crippen molar-refractivity contribution >= 4 is 34.2 Å². The van der Waals surface area contributed by atoms with Gasteiger partial charge in [0.25, 0.3) is 0 Å². The fourth-order valence-electron chi connectivity index (χ4n) is 2.35. The number of thiophene rings is 1. The lowest BCUT2D eigenvalue weighted by atomic mass is 10.1. The number of carbonyl (C=O) groups is 2. The predicted octanol–water partition coefficient (Wildman–Crippen LogP) is 1.81. The molecule has 0 aromatic carbocycles. The molecule has 0 radical (unpaired) electrons. The molecule has 0 saturated carbocycles. The van der Waals surface area contributed by atoms with Gasteiger partial charge in [0, 0.05) is 39.5 Å². The molecule has 0 saturated heterocycles. The Balaban J connectivity index is 2.06. The van der Waals surface area contributed by atoms with Crippen molar-refractivity contribution in [2.75, 3.05) is 0 Å². The van der Waals surface area contributed by atoms with Crippen LogP contribution in [0.2, 0.25) is 0 Å². The van der Waals surface area contributed by atoms with E-state index in [9.17, 15) is 9.59 Å². The minimum atomic E-state index is -0.500. The van der Waals surface area contributed by atoms with Crippen LogP contribution in [-0.2, 0) is 11.2 Å². The second kappa shape index (κ2) is 5.61. The van der Waals surface area contributed by atoms with Crippen molar-refractivity contribution in [3.63, 3.8) is 0 Å². The molecule has 0 atom stereocenters. The summed E-state index contributed by atoms with van der Waals surface area (Å²) in [6.07, 6.45) is 4.17. The Kier molecular flexibility index (Phi) is 3.64. The lowest BCUT2D eigenvalue weighted by Gasteiger charge is -1.97. The topological polar surface area (TPSA) is 115 Å². The maximum Gasteiger partial charge on any atom is 0.249 e. The zero-order chi connectivity index (χ0) is 15.7. The summed E-state index contributed by atoms with van der Waals surface area (Å²) in [5, 5.41) is 0.973. The van der Waals surface area contributed by atoms with Crippen molar-refractivity contribution in [2.45, 2.75) is 12.8 Å². The SMILES string of the molecule is NC(=O)CCc1sc(-c2c[nH]c3ncccc23)cc1C(N)=O. The number of amides is 2. The Morgan fingerprint density at radius 3 is 2.86 bits per heavy atom. The highest BCUT2D eigenvalue weighted by Gasteiger charge is 2.17. The lowest BCUT2D eigenvalue weighted by molar-refractivity contribution is -0.117. The summed E-state index contributed by atoms with van der Waals surface area (Å²) >= 11 is 1.45. The van der Waals surface area contributed by atoms with Crippen LogP contribution in [0.15, 0.2) is 30.6 Å². The van der Waals surface area contributed by atoms with Gasteiger partial charge in [-0.15, -0.1) is 11.3 Å². The first-order valence-corrected chi connectivity index (χ1v) is 7.51. The molecule has 0 unspecified atom stereocenters. The largest absolute Gasteiger partial charge is 0.370 e. The Morgan fingerprint density at radius 1 is 1.32 bits per heavy atom. The van der Waals surface area contributed by atoms with E-state index in [2.05, 4.69) is 9.97 Å². The van der Waals surface area contributed by atoms with Gasteiger partial charge in [-0.05, 0) is 24.6 Å². The second-order valence-corrected chi connectivity index (χ2v) is 6.02. The summed E-state index contributed by atoms with van der Waals surface area (Å²) in [5.41, 5.74) is 12.8. The van der Waals surface area contributed by atoms with Crippen LogP contribution in [0.5, 0.6) is 0 Å². The Labute approximate surface area is 130 Å². The van der Waals surface area contributed by atoms with Gasteiger partial charge in [0.15, 0.2) is 0 Å². The number of hydrogen-bond acceptors (Lipinski definition) is 4. The molecular formula is C15H14N4O2S. The minimum Gasteiger partial charge on any atom is -0.370 e. The first-order chi connectivity index (χ1) is 10.6. The Bertz CT molecular complexity index is 865. The molecule has 0 fully saturated rings. The third-order valence-corrected chi connectivity index (χ3v) is 4.62. The van der Waals surface area contributed by atoms with Gasteiger partial charge >= 0.3 is 0 Å². The molecule has 3 rings (SSSR count). The number of aromatic nitrogens is 2. The van der Waals surface area contributed by atoms with E-state index in [4.69, 9.17) is 11.5 Å². The number of nitrogens with zero attached hydrogens (tertiary/aromatic N) is 1. The van der Waals surface area contributed by atoms with Gasteiger partial charge in [-0.25, -0.2) is 4.98 Å². The van der Waals surface area contributed by atoms with Crippen molar-refractivity contribution in [3.05, 3.63) is 41.0 Å². The van der Waals surface area contributed by atoms with Crippen LogP contribution in [-0.4, -0.2) is 21.8 Å². The number of aryl methyl sites for hydroxylation is 1. The quantitative estimate of drug-likeness (QED) is 0.667. The van der Waals surface area contributed by atoms with Gasteiger partial charge < -0.3 is 16.5 Å². The van der Waals surface area contributed by atoms with Crippen LogP contribution in [0.3, 0.4) is 0 Å². The molecule has 3 aromatic heterocycles. The van der Waals surface area contributed by atoms with Crippen molar-refractivity contribution in [1.82, 2.24) is 9.97 Å². The van der Waals surface area contributed by atoms with E-state index < -0.39 is 11.8 Å². The van der Waals surface area contributed by atoms with Crippen LogP contribution < -0.4 is 11.5 Å². The maximum atomic E-state index is 11.6. The van der Waals surface area contributed by atoms with E-state index in [0.29, 0.717) is 12.0 Å². The fraction of sp³-hybridized carbons (Fsp3) is 0.133. The summed E-state index contributed by atoms with van der Waals surface area (Å²) in [6.45, 7) is 0. The van der Waals surface area contributed by atoms with E-state index in [1.165, 1.54) is 11.3 Å². The van der Waals surface area contributed by atoms with Crippen LogP contribution in [0, 0.1) is 0 Å². The molecule has 0 aliphatic carbocycles. The summed E-state index contributed by atoms with van der Waals surface area (Å²) in [4.78, 5) is 31.6. The fourth-order valence-corrected chi connectivity index (χ4v) is 3.55. The first kappa shape index (κ1) is 14.3. The molecule has 6 nitrogen and oxygen atoms in total. The zero-order valence-electron chi connectivity index (χ0n) is 11.6. The number of H-pyrrole nitrogens is 1. The van der Waals surface area contributed by atoms with Gasteiger partial charge in [0.2, 0.25) is 11.8 Å². The molecule has 0 spiro atoms. The number of nitrogens with one attached hydrogen (secondary N) is 1. The summed E-state index contributed by atoms with van der Waals surface area (Å²) in [6, 6.07) is 5.58. The van der Waals surface area contributed by atoms with Gasteiger partial charge in [0.1, 0.15) is 5.65 Å². The molecule has 7 heteroatoms. The van der Waals surface area contributed by atoms with Crippen LogP contribution in [0.4, 0.5) is 0 Å². The van der Waals surface area contributed by atoms with Crippen molar-refractivity contribution in [2.24, 2.45) is 11.5 Å². The molecule has 5 N–H and O–H groups in total. The number of aromatic amines is 1. The van der Waals surface area contributed by atoms with E-state index in [-0.39, 0.29) is 6.42 Å². The molecule has 0 bridgehead atoms. The molecule has 112 valence electrons. The third-order valence-electron chi connectivity index (χ3n) is 3.39. The van der Waals surface area contributed by atoms with Crippen molar-refractivity contribution in [1.29, 1.82) is 0 Å². The maximum absolute atomic E-state index is 11.6. The van der Waals surface area contributed by atoms with E-state index in [1.54, 1.807) is 12.3 Å². The number of nitrogens with two attached hydrogens (primary N) is 2. The van der Waals surface area contributed by atoms with E-state index in [0.717, 1.165) is 26.4 Å². The first-order valence-electron chi connectivity index (χ1n) is 6.69. The third kappa shape index (κ3) is 2.58. The van der Waals surface area contributed by atoms with Crippen molar-refractivity contribution < 1.29 is 9.59 Å². The molecule has 0 aliphatic heterocycles. The van der Waals surface area contributed by atoms with Gasteiger partial charge in [-0.2, -0.15) is 0 Å². The summed E-state index contributed by atoms with van der Waals surface area (Å²) in [7, 11) is 0. The molecule has 3 aromatic rings. The standard InChI is InChI=1S/C15H14N4O2S/c16-13(20)4-3-11-9(14(17)21)6-12(22-11)10-7-19-15-8(10)2-1-5-18-15/h1-2,5-7H,3-4H2,(H2,16,20)(H2,17,21)(H,18,19). The molecule has 2 amide bonds. The number of pyridine rings is 1. The summed E-state index contributed by atoms with van der Waals surface area (Å²) < 4.78 is 0. The van der Waals surface area contributed by atoms with Gasteiger partial charge in [-0.1, -0.05) is 0 Å². The number of primary amides is 2.